The van der Waals surface area contributed by atoms with Crippen LogP contribution in [0.25, 0.3) is 11.1 Å². The highest BCUT2D eigenvalue weighted by Crippen LogP contribution is 2.36. The van der Waals surface area contributed by atoms with Gasteiger partial charge in [0.05, 0.1) is 31.1 Å². The van der Waals surface area contributed by atoms with Crippen LogP contribution in [0.4, 0.5) is 5.82 Å². The third-order valence-electron chi connectivity index (χ3n) is 4.53. The first kappa shape index (κ1) is 21.7. The molecule has 3 aromatic rings. The lowest BCUT2D eigenvalue weighted by Crippen LogP contribution is -2.08. The molecule has 0 bridgehead atoms. The van der Waals surface area contributed by atoms with Crippen molar-refractivity contribution in [1.82, 2.24) is 4.98 Å². The van der Waals surface area contributed by atoms with Crippen LogP contribution in [0.2, 0.25) is 0 Å². The SMILES string of the molecule is COc1ccc(OC)c(C(=O)CSc2nc(N)c(C#N)c(-c3ccccc3)c2C#N)c1. The Morgan fingerprint density at radius 2 is 1.77 bits per heavy atom. The van der Waals surface area contributed by atoms with Gasteiger partial charge in [0.2, 0.25) is 0 Å². The summed E-state index contributed by atoms with van der Waals surface area (Å²) in [5.74, 6) is 0.721. The predicted molar refractivity (Wildman–Crippen MR) is 118 cm³/mol. The monoisotopic (exact) mass is 430 g/mol. The van der Waals surface area contributed by atoms with Gasteiger partial charge in [0.15, 0.2) is 5.78 Å². The van der Waals surface area contributed by atoms with Crippen molar-refractivity contribution in [2.45, 2.75) is 5.03 Å². The van der Waals surface area contributed by atoms with Crippen molar-refractivity contribution in [3.8, 4) is 34.8 Å². The van der Waals surface area contributed by atoms with Crippen molar-refractivity contribution in [3.63, 3.8) is 0 Å². The smallest absolute Gasteiger partial charge is 0.176 e. The number of anilines is 1. The number of ketones is 1. The number of aromatic nitrogens is 1. The van der Waals surface area contributed by atoms with Crippen molar-refractivity contribution < 1.29 is 14.3 Å². The molecule has 0 aliphatic rings. The zero-order valence-corrected chi connectivity index (χ0v) is 17.7. The molecule has 0 atom stereocenters. The number of nitriles is 2. The Morgan fingerprint density at radius 3 is 2.39 bits per heavy atom. The Balaban J connectivity index is 2.00. The molecular weight excluding hydrogens is 412 g/mol. The van der Waals surface area contributed by atoms with Crippen LogP contribution in [0.3, 0.4) is 0 Å². The van der Waals surface area contributed by atoms with Gasteiger partial charge in [-0.2, -0.15) is 10.5 Å². The minimum Gasteiger partial charge on any atom is -0.497 e. The summed E-state index contributed by atoms with van der Waals surface area (Å²) in [6.45, 7) is 0. The van der Waals surface area contributed by atoms with E-state index in [0.717, 1.165) is 11.8 Å². The van der Waals surface area contributed by atoms with Gasteiger partial charge >= 0.3 is 0 Å². The summed E-state index contributed by atoms with van der Waals surface area (Å²) in [5, 5.41) is 19.7. The molecular formula is C23H18N4O3S. The second-order valence-electron chi connectivity index (χ2n) is 6.29. The van der Waals surface area contributed by atoms with Crippen LogP contribution >= 0.6 is 11.8 Å². The van der Waals surface area contributed by atoms with Gasteiger partial charge in [-0.3, -0.25) is 4.79 Å². The van der Waals surface area contributed by atoms with Gasteiger partial charge in [0, 0.05) is 5.56 Å². The Morgan fingerprint density at radius 1 is 1.06 bits per heavy atom. The van der Waals surface area contributed by atoms with Crippen LogP contribution in [0, 0.1) is 22.7 Å². The van der Waals surface area contributed by atoms with Crippen LogP contribution in [0.5, 0.6) is 11.5 Å². The molecule has 7 nitrogen and oxygen atoms in total. The molecule has 0 fully saturated rings. The minimum atomic E-state index is -0.226. The molecule has 0 spiro atoms. The average molecular weight is 430 g/mol. The molecule has 0 unspecified atom stereocenters. The number of nitrogen functional groups attached to an aromatic ring is 1. The number of pyridine rings is 1. The van der Waals surface area contributed by atoms with Crippen LogP contribution in [0.15, 0.2) is 53.6 Å². The van der Waals surface area contributed by atoms with Gasteiger partial charge in [0.25, 0.3) is 0 Å². The van der Waals surface area contributed by atoms with E-state index in [1.807, 2.05) is 12.1 Å². The summed E-state index contributed by atoms with van der Waals surface area (Å²) in [4.78, 5) is 17.1. The molecule has 2 N–H and O–H groups in total. The number of hydrogen-bond donors (Lipinski definition) is 1. The van der Waals surface area contributed by atoms with Crippen molar-refractivity contribution in [2.24, 2.45) is 0 Å². The number of thioether (sulfide) groups is 1. The first-order valence-corrected chi connectivity index (χ1v) is 10.1. The second kappa shape index (κ2) is 9.66. The van der Waals surface area contributed by atoms with E-state index in [9.17, 15) is 15.3 Å². The molecule has 0 aliphatic heterocycles. The van der Waals surface area contributed by atoms with Gasteiger partial charge in [-0.05, 0) is 23.8 Å². The molecule has 154 valence electrons. The molecule has 0 amide bonds. The summed E-state index contributed by atoms with van der Waals surface area (Å²) >= 11 is 1.08. The van der Waals surface area contributed by atoms with E-state index in [-0.39, 0.29) is 33.5 Å². The van der Waals surface area contributed by atoms with Crippen LogP contribution in [0.1, 0.15) is 21.5 Å². The zero-order chi connectivity index (χ0) is 22.4. The van der Waals surface area contributed by atoms with E-state index in [2.05, 4.69) is 11.1 Å². The topological polar surface area (TPSA) is 122 Å². The fourth-order valence-electron chi connectivity index (χ4n) is 3.04. The molecule has 2 aromatic carbocycles. The largest absolute Gasteiger partial charge is 0.497 e. The van der Waals surface area contributed by atoms with E-state index in [4.69, 9.17) is 15.2 Å². The number of carbonyl (C=O) groups excluding carboxylic acids is 1. The van der Waals surface area contributed by atoms with Gasteiger partial charge in [-0.1, -0.05) is 42.1 Å². The summed E-state index contributed by atoms with van der Waals surface area (Å²) in [7, 11) is 2.99. The molecule has 31 heavy (non-hydrogen) atoms. The van der Waals surface area contributed by atoms with Crippen LogP contribution in [-0.4, -0.2) is 30.7 Å². The Bertz CT molecular complexity index is 1210. The molecule has 0 radical (unpaired) electrons. The number of nitrogens with two attached hydrogens (primary N) is 1. The number of Topliss-reactive ketones (excluding diaryl/α,β-unsaturated/α-hetero) is 1. The highest BCUT2D eigenvalue weighted by molar-refractivity contribution is 8.00. The number of benzene rings is 2. The van der Waals surface area contributed by atoms with E-state index in [0.29, 0.717) is 28.2 Å². The first-order valence-electron chi connectivity index (χ1n) is 9.11. The fourth-order valence-corrected chi connectivity index (χ4v) is 3.92. The maximum atomic E-state index is 12.9. The van der Waals surface area contributed by atoms with Gasteiger partial charge in [-0.15, -0.1) is 0 Å². The Hall–Kier alpha value is -4.01. The minimum absolute atomic E-state index is 0.00858. The summed E-state index contributed by atoms with van der Waals surface area (Å²) in [6.07, 6.45) is 0. The van der Waals surface area contributed by atoms with Crippen molar-refractivity contribution >= 4 is 23.4 Å². The molecule has 0 saturated carbocycles. The second-order valence-corrected chi connectivity index (χ2v) is 7.26. The molecule has 0 saturated heterocycles. The van der Waals surface area contributed by atoms with Gasteiger partial charge < -0.3 is 15.2 Å². The Labute approximate surface area is 184 Å². The number of rotatable bonds is 7. The number of carbonyl (C=O) groups is 1. The molecule has 1 heterocycles. The van der Waals surface area contributed by atoms with Crippen molar-refractivity contribution in [1.29, 1.82) is 10.5 Å². The predicted octanol–water partition coefficient (Wildman–Crippen LogP) is 4.07. The fraction of sp³-hybridized carbons (Fsp3) is 0.130. The van der Waals surface area contributed by atoms with E-state index in [1.54, 1.807) is 42.5 Å². The van der Waals surface area contributed by atoms with Crippen molar-refractivity contribution in [3.05, 3.63) is 65.2 Å². The molecule has 3 rings (SSSR count). The normalized spacial score (nSPS) is 10.1. The molecule has 0 aliphatic carbocycles. The highest BCUT2D eigenvalue weighted by Gasteiger charge is 2.22. The lowest BCUT2D eigenvalue weighted by Gasteiger charge is -2.13. The van der Waals surface area contributed by atoms with E-state index in [1.165, 1.54) is 14.2 Å². The lowest BCUT2D eigenvalue weighted by atomic mass is 9.97. The average Bonchev–Trinajstić information content (AvgIpc) is 2.81. The lowest BCUT2D eigenvalue weighted by molar-refractivity contribution is 0.101. The van der Waals surface area contributed by atoms with Gasteiger partial charge in [0.1, 0.15) is 40.0 Å². The first-order chi connectivity index (χ1) is 15.0. The number of methoxy groups -OCH3 is 2. The quantitative estimate of drug-likeness (QED) is 0.440. The number of hydrogen-bond acceptors (Lipinski definition) is 8. The molecule has 1 aromatic heterocycles. The number of ether oxygens (including phenoxy) is 2. The van der Waals surface area contributed by atoms with Crippen LogP contribution in [-0.2, 0) is 0 Å². The standard InChI is InChI=1S/C23H18N4O3S/c1-29-15-8-9-20(30-2)16(10-15)19(28)13-31-23-18(12-25)21(14-6-4-3-5-7-14)17(11-24)22(26)27-23/h3-10H,13H2,1-2H3,(H2,26,27). The Kier molecular flexibility index (Phi) is 6.76. The zero-order valence-electron chi connectivity index (χ0n) is 16.9. The summed E-state index contributed by atoms with van der Waals surface area (Å²) in [5.41, 5.74) is 7.79. The van der Waals surface area contributed by atoms with E-state index < -0.39 is 0 Å². The van der Waals surface area contributed by atoms with E-state index >= 15 is 0 Å². The molecule has 8 heteroatoms. The summed E-state index contributed by atoms with van der Waals surface area (Å²) < 4.78 is 10.5. The highest BCUT2D eigenvalue weighted by atomic mass is 32.2. The summed E-state index contributed by atoms with van der Waals surface area (Å²) in [6, 6.07) is 18.1. The maximum absolute atomic E-state index is 12.9. The third-order valence-corrected chi connectivity index (χ3v) is 5.50. The third kappa shape index (κ3) is 4.45. The number of nitrogens with zero attached hydrogens (tertiary/aromatic N) is 3. The van der Waals surface area contributed by atoms with Crippen LogP contribution < -0.4 is 15.2 Å². The maximum Gasteiger partial charge on any atom is 0.176 e. The van der Waals surface area contributed by atoms with Crippen molar-refractivity contribution in [2.75, 3.05) is 25.7 Å². The van der Waals surface area contributed by atoms with Gasteiger partial charge in [-0.25, -0.2) is 4.98 Å².